The van der Waals surface area contributed by atoms with Gasteiger partial charge in [-0.2, -0.15) is 0 Å². The van der Waals surface area contributed by atoms with Crippen LogP contribution in [0, 0.1) is 0 Å². The normalized spacial score (nSPS) is 11.3. The van der Waals surface area contributed by atoms with E-state index in [0.29, 0.717) is 26.4 Å². The fourth-order valence-electron chi connectivity index (χ4n) is 1.77. The first-order valence-corrected chi connectivity index (χ1v) is 7.50. The molecular formula is C17H27NO4. The van der Waals surface area contributed by atoms with Crippen LogP contribution < -0.4 is 10.1 Å². The van der Waals surface area contributed by atoms with E-state index in [0.717, 1.165) is 5.75 Å². The lowest BCUT2D eigenvalue weighted by molar-refractivity contribution is -0.126. The number of carbonyl (C=O) groups excluding carboxylic acids is 1. The predicted molar refractivity (Wildman–Crippen MR) is 86.3 cm³/mol. The summed E-state index contributed by atoms with van der Waals surface area (Å²) in [7, 11) is 1.59. The van der Waals surface area contributed by atoms with E-state index in [1.54, 1.807) is 7.11 Å². The minimum atomic E-state index is -0.150. The molecule has 0 radical (unpaired) electrons. The highest BCUT2D eigenvalue weighted by molar-refractivity contribution is 5.77. The molecule has 0 aliphatic heterocycles. The standard InChI is InChI=1S/C17H27NO4/c1-17(2,3)14-5-7-15(8-6-14)22-10-9-18-16(19)13-21-12-11-20-4/h5-8H,9-13H2,1-4H3,(H,18,19). The SMILES string of the molecule is COCCOCC(=O)NCCOc1ccc(C(C)(C)C)cc1. The lowest BCUT2D eigenvalue weighted by Gasteiger charge is -2.19. The Morgan fingerprint density at radius 2 is 1.77 bits per heavy atom. The van der Waals surface area contributed by atoms with Gasteiger partial charge in [-0.25, -0.2) is 0 Å². The van der Waals surface area contributed by atoms with Gasteiger partial charge in [-0.1, -0.05) is 32.9 Å². The summed E-state index contributed by atoms with van der Waals surface area (Å²) in [5.74, 6) is 0.654. The van der Waals surface area contributed by atoms with Crippen molar-refractivity contribution in [2.75, 3.05) is 40.1 Å². The minimum Gasteiger partial charge on any atom is -0.492 e. The molecule has 5 heteroatoms. The second-order valence-electron chi connectivity index (χ2n) is 6.02. The van der Waals surface area contributed by atoms with Crippen molar-refractivity contribution in [3.05, 3.63) is 29.8 Å². The summed E-state index contributed by atoms with van der Waals surface area (Å²) in [5, 5.41) is 2.74. The largest absolute Gasteiger partial charge is 0.492 e. The molecule has 124 valence electrons. The van der Waals surface area contributed by atoms with Gasteiger partial charge in [0.15, 0.2) is 0 Å². The van der Waals surface area contributed by atoms with Crippen LogP contribution >= 0.6 is 0 Å². The van der Waals surface area contributed by atoms with Crippen molar-refractivity contribution in [3.63, 3.8) is 0 Å². The lowest BCUT2D eigenvalue weighted by Crippen LogP contribution is -2.31. The monoisotopic (exact) mass is 309 g/mol. The van der Waals surface area contributed by atoms with Crippen LogP contribution in [0.5, 0.6) is 5.75 Å². The Kier molecular flexibility index (Phi) is 7.91. The van der Waals surface area contributed by atoms with Crippen LogP contribution in [0.3, 0.4) is 0 Å². The number of ether oxygens (including phenoxy) is 3. The maximum atomic E-state index is 11.4. The molecule has 0 saturated heterocycles. The van der Waals surface area contributed by atoms with E-state index in [9.17, 15) is 4.79 Å². The summed E-state index contributed by atoms with van der Waals surface area (Å²) in [4.78, 5) is 11.4. The number of carbonyl (C=O) groups is 1. The minimum absolute atomic E-state index is 0.0453. The summed E-state index contributed by atoms with van der Waals surface area (Å²) < 4.78 is 15.5. The van der Waals surface area contributed by atoms with Crippen LogP contribution in [0.25, 0.3) is 0 Å². The van der Waals surface area contributed by atoms with Gasteiger partial charge in [-0.3, -0.25) is 4.79 Å². The van der Waals surface area contributed by atoms with Crippen LogP contribution in [0.4, 0.5) is 0 Å². The molecule has 5 nitrogen and oxygen atoms in total. The van der Waals surface area contributed by atoms with Crippen molar-refractivity contribution >= 4 is 5.91 Å². The molecule has 22 heavy (non-hydrogen) atoms. The molecule has 1 aromatic rings. The zero-order valence-corrected chi connectivity index (χ0v) is 14.0. The molecule has 0 saturated carbocycles. The fourth-order valence-corrected chi connectivity index (χ4v) is 1.77. The number of hydrogen-bond acceptors (Lipinski definition) is 4. The summed E-state index contributed by atoms with van der Waals surface area (Å²) in [6.07, 6.45) is 0. The van der Waals surface area contributed by atoms with Gasteiger partial charge >= 0.3 is 0 Å². The summed E-state index contributed by atoms with van der Waals surface area (Å²) >= 11 is 0. The van der Waals surface area contributed by atoms with Crippen molar-refractivity contribution in [1.82, 2.24) is 5.32 Å². The molecule has 0 bridgehead atoms. The smallest absolute Gasteiger partial charge is 0.246 e. The molecule has 1 amide bonds. The third-order valence-electron chi connectivity index (χ3n) is 3.08. The van der Waals surface area contributed by atoms with E-state index in [4.69, 9.17) is 14.2 Å². The number of hydrogen-bond donors (Lipinski definition) is 1. The first kappa shape index (κ1) is 18.5. The van der Waals surface area contributed by atoms with Crippen LogP contribution in [-0.2, 0) is 19.7 Å². The molecule has 0 heterocycles. The zero-order chi connectivity index (χ0) is 16.4. The van der Waals surface area contributed by atoms with Gasteiger partial charge in [0.1, 0.15) is 19.0 Å². The number of methoxy groups -OCH3 is 1. The highest BCUT2D eigenvalue weighted by atomic mass is 16.5. The van der Waals surface area contributed by atoms with Gasteiger partial charge in [-0.05, 0) is 23.1 Å². The van der Waals surface area contributed by atoms with Gasteiger partial charge in [0.2, 0.25) is 5.91 Å². The van der Waals surface area contributed by atoms with Crippen LogP contribution in [0.15, 0.2) is 24.3 Å². The highest BCUT2D eigenvalue weighted by Crippen LogP contribution is 2.24. The summed E-state index contributed by atoms with van der Waals surface area (Å²) in [6.45, 7) is 8.35. The van der Waals surface area contributed by atoms with Crippen LogP contribution in [-0.4, -0.2) is 46.0 Å². The van der Waals surface area contributed by atoms with Crippen molar-refractivity contribution in [2.24, 2.45) is 0 Å². The third kappa shape index (κ3) is 7.43. The first-order chi connectivity index (χ1) is 10.4. The van der Waals surface area contributed by atoms with E-state index in [-0.39, 0.29) is 17.9 Å². The van der Waals surface area contributed by atoms with Gasteiger partial charge in [0.05, 0.1) is 19.8 Å². The number of nitrogens with one attached hydrogen (secondary N) is 1. The van der Waals surface area contributed by atoms with Crippen molar-refractivity contribution < 1.29 is 19.0 Å². The first-order valence-electron chi connectivity index (χ1n) is 7.50. The Bertz CT molecular complexity index is 437. The molecule has 0 fully saturated rings. The fraction of sp³-hybridized carbons (Fsp3) is 0.588. The molecule has 1 rings (SSSR count). The summed E-state index contributed by atoms with van der Waals surface area (Å²) in [5.41, 5.74) is 1.40. The van der Waals surface area contributed by atoms with Crippen LogP contribution in [0.2, 0.25) is 0 Å². The molecule has 1 N–H and O–H groups in total. The maximum absolute atomic E-state index is 11.4. The van der Waals surface area contributed by atoms with Crippen LogP contribution in [0.1, 0.15) is 26.3 Å². The Morgan fingerprint density at radius 1 is 1.09 bits per heavy atom. The second-order valence-corrected chi connectivity index (χ2v) is 6.02. The van der Waals surface area contributed by atoms with E-state index in [2.05, 4.69) is 38.2 Å². The van der Waals surface area contributed by atoms with E-state index >= 15 is 0 Å². The predicted octanol–water partition coefficient (Wildman–Crippen LogP) is 2.14. The van der Waals surface area contributed by atoms with Gasteiger partial charge in [0.25, 0.3) is 0 Å². The molecule has 0 aliphatic rings. The van der Waals surface area contributed by atoms with Crippen molar-refractivity contribution in [2.45, 2.75) is 26.2 Å². The maximum Gasteiger partial charge on any atom is 0.246 e. The van der Waals surface area contributed by atoms with Gasteiger partial charge < -0.3 is 19.5 Å². The Hall–Kier alpha value is -1.59. The Balaban J connectivity index is 2.18. The second kappa shape index (κ2) is 9.43. The van der Waals surface area contributed by atoms with Crippen molar-refractivity contribution in [1.29, 1.82) is 0 Å². The number of rotatable bonds is 9. The molecule has 0 atom stereocenters. The van der Waals surface area contributed by atoms with E-state index < -0.39 is 0 Å². The average Bonchev–Trinajstić information content (AvgIpc) is 2.48. The molecule has 1 aromatic carbocycles. The van der Waals surface area contributed by atoms with E-state index in [1.807, 2.05) is 12.1 Å². The molecule has 0 aliphatic carbocycles. The summed E-state index contributed by atoms with van der Waals surface area (Å²) in [6, 6.07) is 8.04. The molecule has 0 unspecified atom stereocenters. The molecular weight excluding hydrogens is 282 g/mol. The van der Waals surface area contributed by atoms with E-state index in [1.165, 1.54) is 5.56 Å². The quantitative estimate of drug-likeness (QED) is 0.710. The van der Waals surface area contributed by atoms with Gasteiger partial charge in [-0.15, -0.1) is 0 Å². The third-order valence-corrected chi connectivity index (χ3v) is 3.08. The lowest BCUT2D eigenvalue weighted by atomic mass is 9.87. The topological polar surface area (TPSA) is 56.8 Å². The van der Waals surface area contributed by atoms with Gasteiger partial charge in [0, 0.05) is 7.11 Å². The number of benzene rings is 1. The number of amides is 1. The molecule has 0 spiro atoms. The Labute approximate surface area is 132 Å². The van der Waals surface area contributed by atoms with Crippen molar-refractivity contribution in [3.8, 4) is 5.75 Å². The Morgan fingerprint density at radius 3 is 2.36 bits per heavy atom. The average molecular weight is 309 g/mol. The molecule has 0 aromatic heterocycles. The zero-order valence-electron chi connectivity index (χ0n) is 14.0. The highest BCUT2D eigenvalue weighted by Gasteiger charge is 2.12.